The number of nitrogens with zero attached hydrogens (tertiary/aromatic N) is 3. The van der Waals surface area contributed by atoms with Gasteiger partial charge in [-0.3, -0.25) is 9.59 Å². The number of hydrogen-bond acceptors (Lipinski definition) is 4. The molecule has 2 fully saturated rings. The molecule has 2 saturated heterocycles. The van der Waals surface area contributed by atoms with Crippen molar-refractivity contribution in [1.29, 1.82) is 0 Å². The highest BCUT2D eigenvalue weighted by molar-refractivity contribution is 7.09. The third kappa shape index (κ3) is 3.55. The molecule has 7 heteroatoms. The van der Waals surface area contributed by atoms with Crippen molar-refractivity contribution in [3.63, 3.8) is 0 Å². The monoisotopic (exact) mass is 408 g/mol. The van der Waals surface area contributed by atoms with Crippen molar-refractivity contribution in [3.8, 4) is 0 Å². The number of likely N-dealkylation sites (tertiary alicyclic amines) is 2. The first-order chi connectivity index (χ1) is 14.2. The van der Waals surface area contributed by atoms with Gasteiger partial charge in [-0.2, -0.15) is 0 Å². The van der Waals surface area contributed by atoms with E-state index in [-0.39, 0.29) is 23.8 Å². The number of carbonyl (C=O) groups is 2. The molecule has 2 aliphatic heterocycles. The van der Waals surface area contributed by atoms with Crippen molar-refractivity contribution < 1.29 is 9.59 Å². The first-order valence-corrected chi connectivity index (χ1v) is 11.1. The van der Waals surface area contributed by atoms with E-state index in [2.05, 4.69) is 4.98 Å². The van der Waals surface area contributed by atoms with E-state index in [0.717, 1.165) is 41.1 Å². The summed E-state index contributed by atoms with van der Waals surface area (Å²) in [6.45, 7) is 1.96. The van der Waals surface area contributed by atoms with Crippen LogP contribution in [0, 0.1) is 0 Å². The number of thiophene rings is 1. The fraction of sp³-hybridized carbons (Fsp3) is 0.409. The summed E-state index contributed by atoms with van der Waals surface area (Å²) < 4.78 is 0. The number of carbonyl (C=O) groups excluding carboxylic acids is 2. The van der Waals surface area contributed by atoms with Crippen LogP contribution in [0.3, 0.4) is 0 Å². The largest absolute Gasteiger partial charge is 0.342 e. The van der Waals surface area contributed by atoms with Crippen LogP contribution < -0.4 is 0 Å². The van der Waals surface area contributed by atoms with E-state index in [9.17, 15) is 9.59 Å². The number of aromatic nitrogens is 2. The lowest BCUT2D eigenvalue weighted by Crippen LogP contribution is -2.49. The summed E-state index contributed by atoms with van der Waals surface area (Å²) in [5, 5.41) is 2.01. The van der Waals surface area contributed by atoms with Crippen LogP contribution in [0.2, 0.25) is 0 Å². The van der Waals surface area contributed by atoms with Crippen LogP contribution in [0.5, 0.6) is 0 Å². The Hall–Kier alpha value is -2.67. The molecule has 0 radical (unpaired) electrons. The van der Waals surface area contributed by atoms with Gasteiger partial charge >= 0.3 is 0 Å². The van der Waals surface area contributed by atoms with Crippen LogP contribution in [-0.4, -0.2) is 50.7 Å². The fourth-order valence-electron chi connectivity index (χ4n) is 4.54. The molecule has 0 spiro atoms. The highest BCUT2D eigenvalue weighted by Gasteiger charge is 2.39. The van der Waals surface area contributed by atoms with Crippen LogP contribution >= 0.6 is 11.3 Å². The number of benzene rings is 1. The highest BCUT2D eigenvalue weighted by atomic mass is 32.1. The lowest BCUT2D eigenvalue weighted by Gasteiger charge is -2.35. The Bertz CT molecular complexity index is 996. The second kappa shape index (κ2) is 7.63. The molecule has 150 valence electrons. The first-order valence-electron chi connectivity index (χ1n) is 10.2. The van der Waals surface area contributed by atoms with Crippen LogP contribution in [0.25, 0.3) is 11.0 Å². The smallest absolute Gasteiger partial charge is 0.245 e. The topological polar surface area (TPSA) is 69.3 Å². The Labute approximate surface area is 173 Å². The molecule has 2 aliphatic rings. The number of hydrogen-bond donors (Lipinski definition) is 1. The van der Waals surface area contributed by atoms with Gasteiger partial charge in [0.05, 0.1) is 17.6 Å². The number of aromatic amines is 1. The molecule has 2 atom stereocenters. The first kappa shape index (κ1) is 18.4. The third-order valence-corrected chi connectivity index (χ3v) is 6.91. The average molecular weight is 409 g/mol. The number of para-hydroxylation sites is 2. The van der Waals surface area contributed by atoms with Crippen LogP contribution in [0.15, 0.2) is 41.8 Å². The number of H-pyrrole nitrogens is 1. The molecule has 3 aromatic rings. The van der Waals surface area contributed by atoms with Crippen molar-refractivity contribution >= 4 is 34.2 Å². The molecule has 6 nitrogen and oxygen atoms in total. The number of piperidine rings is 1. The van der Waals surface area contributed by atoms with Gasteiger partial charge < -0.3 is 14.8 Å². The Morgan fingerprint density at radius 1 is 1.21 bits per heavy atom. The van der Waals surface area contributed by atoms with Gasteiger partial charge in [0.2, 0.25) is 11.8 Å². The number of nitrogens with one attached hydrogen (secondary N) is 1. The molecular weight excluding hydrogens is 384 g/mol. The Morgan fingerprint density at radius 3 is 2.93 bits per heavy atom. The van der Waals surface area contributed by atoms with Crippen molar-refractivity contribution in [2.75, 3.05) is 13.1 Å². The lowest BCUT2D eigenvalue weighted by molar-refractivity contribution is -0.142. The van der Waals surface area contributed by atoms with Crippen molar-refractivity contribution in [3.05, 3.63) is 52.5 Å². The predicted octanol–water partition coefficient (Wildman–Crippen LogP) is 3.52. The molecular formula is C22H24N4O2S. The van der Waals surface area contributed by atoms with E-state index in [0.29, 0.717) is 25.9 Å². The molecule has 1 N–H and O–H groups in total. The minimum absolute atomic E-state index is 0.0857. The molecule has 1 aromatic carbocycles. The maximum Gasteiger partial charge on any atom is 0.245 e. The Kier molecular flexibility index (Phi) is 4.83. The standard InChI is InChI=1S/C22H24N4O2S/c27-20-10-9-19(26(20)14-16-6-4-12-29-16)22(28)25-11-3-5-15(13-25)21-23-17-7-1-2-8-18(17)24-21/h1-2,4,6-8,12,15,19H,3,5,9-11,13-14H2,(H,23,24). The third-order valence-electron chi connectivity index (χ3n) is 6.05. The molecule has 0 aliphatic carbocycles. The van der Waals surface area contributed by atoms with Gasteiger partial charge in [0.25, 0.3) is 0 Å². The van der Waals surface area contributed by atoms with Crippen LogP contribution in [0.4, 0.5) is 0 Å². The molecule has 2 amide bonds. The number of fused-ring (bicyclic) bond motifs is 1. The van der Waals surface area contributed by atoms with E-state index in [4.69, 9.17) is 4.98 Å². The predicted molar refractivity (Wildman–Crippen MR) is 113 cm³/mol. The maximum atomic E-state index is 13.3. The van der Waals surface area contributed by atoms with E-state index < -0.39 is 0 Å². The summed E-state index contributed by atoms with van der Waals surface area (Å²) in [5.41, 5.74) is 2.00. The summed E-state index contributed by atoms with van der Waals surface area (Å²) in [5.74, 6) is 1.35. The lowest BCUT2D eigenvalue weighted by atomic mass is 9.96. The summed E-state index contributed by atoms with van der Waals surface area (Å²) >= 11 is 1.63. The van der Waals surface area contributed by atoms with Gasteiger partial charge in [-0.15, -0.1) is 11.3 Å². The Morgan fingerprint density at radius 2 is 2.10 bits per heavy atom. The minimum Gasteiger partial charge on any atom is -0.342 e. The van der Waals surface area contributed by atoms with E-state index in [1.165, 1.54) is 0 Å². The van der Waals surface area contributed by atoms with Crippen molar-refractivity contribution in [1.82, 2.24) is 19.8 Å². The normalized spacial score (nSPS) is 22.6. The molecule has 29 heavy (non-hydrogen) atoms. The zero-order chi connectivity index (χ0) is 19.8. The summed E-state index contributed by atoms with van der Waals surface area (Å²) in [4.78, 5) is 38.8. The van der Waals surface area contributed by atoms with Crippen molar-refractivity contribution in [2.45, 2.75) is 44.2 Å². The second-order valence-electron chi connectivity index (χ2n) is 7.92. The summed E-state index contributed by atoms with van der Waals surface area (Å²) in [6.07, 6.45) is 3.06. The molecule has 0 saturated carbocycles. The minimum atomic E-state index is -0.334. The molecule has 5 rings (SSSR count). The van der Waals surface area contributed by atoms with Crippen LogP contribution in [0.1, 0.15) is 42.3 Å². The zero-order valence-corrected chi connectivity index (χ0v) is 17.0. The highest BCUT2D eigenvalue weighted by Crippen LogP contribution is 2.30. The van der Waals surface area contributed by atoms with E-state index in [1.807, 2.05) is 46.7 Å². The van der Waals surface area contributed by atoms with E-state index in [1.54, 1.807) is 16.2 Å². The molecule has 2 unspecified atom stereocenters. The Balaban J connectivity index is 1.31. The van der Waals surface area contributed by atoms with E-state index >= 15 is 0 Å². The number of imidazole rings is 1. The molecule has 0 bridgehead atoms. The maximum absolute atomic E-state index is 13.3. The van der Waals surface area contributed by atoms with Crippen LogP contribution in [-0.2, 0) is 16.1 Å². The molecule has 2 aromatic heterocycles. The SMILES string of the molecule is O=C(C1CCC(=O)N1Cc1cccs1)N1CCCC(c2nc3ccccc3[nH]2)C1. The number of rotatable bonds is 4. The summed E-state index contributed by atoms with van der Waals surface area (Å²) in [6, 6.07) is 11.7. The van der Waals surface area contributed by atoms with Gasteiger partial charge in [0.15, 0.2) is 0 Å². The fourth-order valence-corrected chi connectivity index (χ4v) is 5.24. The summed E-state index contributed by atoms with van der Waals surface area (Å²) in [7, 11) is 0. The second-order valence-corrected chi connectivity index (χ2v) is 8.95. The zero-order valence-electron chi connectivity index (χ0n) is 16.2. The van der Waals surface area contributed by atoms with Gasteiger partial charge in [-0.1, -0.05) is 18.2 Å². The molecule has 4 heterocycles. The van der Waals surface area contributed by atoms with Gasteiger partial charge in [0.1, 0.15) is 11.9 Å². The average Bonchev–Trinajstić information content (AvgIpc) is 3.49. The van der Waals surface area contributed by atoms with Gasteiger partial charge in [-0.05, 0) is 42.8 Å². The van der Waals surface area contributed by atoms with Gasteiger partial charge in [0, 0.05) is 30.3 Å². The van der Waals surface area contributed by atoms with Gasteiger partial charge in [-0.25, -0.2) is 4.98 Å². The van der Waals surface area contributed by atoms with Crippen molar-refractivity contribution in [2.24, 2.45) is 0 Å². The quantitative estimate of drug-likeness (QED) is 0.718. The number of amides is 2.